The molecular formula is C17H12BrCl2N. The Morgan fingerprint density at radius 2 is 1.52 bits per heavy atom. The van der Waals surface area contributed by atoms with E-state index in [9.17, 15) is 0 Å². The van der Waals surface area contributed by atoms with Gasteiger partial charge in [0.2, 0.25) is 0 Å². The van der Waals surface area contributed by atoms with Crippen molar-refractivity contribution in [3.05, 3.63) is 80.2 Å². The van der Waals surface area contributed by atoms with Crippen molar-refractivity contribution >= 4 is 49.9 Å². The Bertz CT molecular complexity index is 817. The van der Waals surface area contributed by atoms with Crippen molar-refractivity contribution < 1.29 is 0 Å². The maximum Gasteiger partial charge on any atom is 0.0599 e. The lowest BCUT2D eigenvalue weighted by Gasteiger charge is -2.17. The highest BCUT2D eigenvalue weighted by molar-refractivity contribution is 9.10. The number of benzene rings is 3. The third-order valence-electron chi connectivity index (χ3n) is 3.56. The van der Waals surface area contributed by atoms with Crippen LogP contribution in [0, 0.1) is 0 Å². The van der Waals surface area contributed by atoms with E-state index in [1.54, 1.807) is 0 Å². The second kappa shape index (κ2) is 5.98. The molecule has 0 aromatic heterocycles. The molecule has 1 atom stereocenters. The molecule has 0 saturated heterocycles. The lowest BCUT2D eigenvalue weighted by Crippen LogP contribution is -2.13. The zero-order chi connectivity index (χ0) is 15.0. The predicted octanol–water partition coefficient (Wildman–Crippen LogP) is 5.96. The number of hydrogen-bond donors (Lipinski definition) is 1. The van der Waals surface area contributed by atoms with Crippen LogP contribution in [0.5, 0.6) is 0 Å². The molecule has 1 nitrogen and oxygen atoms in total. The summed E-state index contributed by atoms with van der Waals surface area (Å²) >= 11 is 16.1. The molecule has 3 aromatic rings. The first-order valence-electron chi connectivity index (χ1n) is 6.46. The van der Waals surface area contributed by atoms with Gasteiger partial charge in [-0.25, -0.2) is 0 Å². The Kier molecular flexibility index (Phi) is 4.23. The fourth-order valence-electron chi connectivity index (χ4n) is 2.49. The highest BCUT2D eigenvalue weighted by atomic mass is 79.9. The molecule has 0 aliphatic heterocycles. The van der Waals surface area contributed by atoms with Crippen LogP contribution in [0.3, 0.4) is 0 Å². The second-order valence-electron chi connectivity index (χ2n) is 4.80. The standard InChI is InChI=1S/C17H12BrCl2N/c18-14-7-3-6-13(16(14)20)17(21)12-8-9-15(19)11-5-2-1-4-10(11)12/h1-9,17H,21H2. The molecule has 3 rings (SSSR count). The molecule has 0 bridgehead atoms. The van der Waals surface area contributed by atoms with Gasteiger partial charge in [0, 0.05) is 14.9 Å². The topological polar surface area (TPSA) is 26.0 Å². The molecule has 0 aliphatic rings. The van der Waals surface area contributed by atoms with Crippen LogP contribution >= 0.6 is 39.1 Å². The highest BCUT2D eigenvalue weighted by Crippen LogP contribution is 2.36. The summed E-state index contributed by atoms with van der Waals surface area (Å²) in [4.78, 5) is 0. The van der Waals surface area contributed by atoms with Crippen LogP contribution in [0.25, 0.3) is 10.8 Å². The summed E-state index contributed by atoms with van der Waals surface area (Å²) in [6.45, 7) is 0. The third kappa shape index (κ3) is 2.69. The monoisotopic (exact) mass is 379 g/mol. The predicted molar refractivity (Wildman–Crippen MR) is 94.1 cm³/mol. The lowest BCUT2D eigenvalue weighted by atomic mass is 9.94. The van der Waals surface area contributed by atoms with Crippen molar-refractivity contribution in [1.82, 2.24) is 0 Å². The molecule has 106 valence electrons. The number of halogens is 3. The Hall–Kier alpha value is -1.06. The van der Waals surface area contributed by atoms with Crippen LogP contribution in [-0.2, 0) is 0 Å². The minimum absolute atomic E-state index is 0.308. The zero-order valence-corrected chi connectivity index (χ0v) is 14.1. The normalized spacial score (nSPS) is 12.6. The van der Waals surface area contributed by atoms with Gasteiger partial charge < -0.3 is 5.73 Å². The summed E-state index contributed by atoms with van der Waals surface area (Å²) in [6, 6.07) is 17.3. The number of nitrogens with two attached hydrogens (primary N) is 1. The van der Waals surface area contributed by atoms with Gasteiger partial charge in [-0.05, 0) is 44.6 Å². The van der Waals surface area contributed by atoms with Gasteiger partial charge in [0.25, 0.3) is 0 Å². The van der Waals surface area contributed by atoms with E-state index in [0.717, 1.165) is 31.4 Å². The minimum Gasteiger partial charge on any atom is -0.320 e. The van der Waals surface area contributed by atoms with Crippen LogP contribution in [0.2, 0.25) is 10.0 Å². The molecule has 0 aliphatic carbocycles. The maximum atomic E-state index is 6.45. The Morgan fingerprint density at radius 1 is 0.810 bits per heavy atom. The van der Waals surface area contributed by atoms with E-state index in [1.807, 2.05) is 54.6 Å². The largest absolute Gasteiger partial charge is 0.320 e. The number of fused-ring (bicyclic) bond motifs is 1. The average molecular weight is 381 g/mol. The first-order chi connectivity index (χ1) is 10.1. The van der Waals surface area contributed by atoms with Gasteiger partial charge in [-0.15, -0.1) is 0 Å². The molecule has 0 spiro atoms. The van der Waals surface area contributed by atoms with Crippen molar-refractivity contribution in [2.75, 3.05) is 0 Å². The Balaban J connectivity index is 2.21. The van der Waals surface area contributed by atoms with Gasteiger partial charge in [0.15, 0.2) is 0 Å². The first-order valence-corrected chi connectivity index (χ1v) is 8.01. The Morgan fingerprint density at radius 3 is 2.29 bits per heavy atom. The summed E-state index contributed by atoms with van der Waals surface area (Å²) in [5.41, 5.74) is 8.35. The van der Waals surface area contributed by atoms with Gasteiger partial charge in [0.05, 0.1) is 11.1 Å². The van der Waals surface area contributed by atoms with Crippen molar-refractivity contribution in [3.63, 3.8) is 0 Å². The van der Waals surface area contributed by atoms with E-state index < -0.39 is 0 Å². The summed E-state index contributed by atoms with van der Waals surface area (Å²) in [6.07, 6.45) is 0. The van der Waals surface area contributed by atoms with Gasteiger partial charge in [0.1, 0.15) is 0 Å². The van der Waals surface area contributed by atoms with Crippen molar-refractivity contribution in [2.45, 2.75) is 6.04 Å². The molecule has 0 heterocycles. The highest BCUT2D eigenvalue weighted by Gasteiger charge is 2.17. The third-order valence-corrected chi connectivity index (χ3v) is 5.20. The molecule has 0 amide bonds. The van der Waals surface area contributed by atoms with Crippen LogP contribution in [0.15, 0.2) is 59.1 Å². The smallest absolute Gasteiger partial charge is 0.0599 e. The van der Waals surface area contributed by atoms with Gasteiger partial charge in [-0.3, -0.25) is 0 Å². The molecule has 3 aromatic carbocycles. The fourth-order valence-corrected chi connectivity index (χ4v) is 3.34. The lowest BCUT2D eigenvalue weighted by molar-refractivity contribution is 0.880. The number of hydrogen-bond acceptors (Lipinski definition) is 1. The summed E-state index contributed by atoms with van der Waals surface area (Å²) < 4.78 is 0.843. The van der Waals surface area contributed by atoms with Crippen molar-refractivity contribution in [1.29, 1.82) is 0 Å². The zero-order valence-electron chi connectivity index (χ0n) is 11.0. The molecule has 1 unspecified atom stereocenters. The van der Waals surface area contributed by atoms with E-state index >= 15 is 0 Å². The fraction of sp³-hybridized carbons (Fsp3) is 0.0588. The maximum absolute atomic E-state index is 6.45. The molecule has 4 heteroatoms. The molecule has 0 saturated carbocycles. The average Bonchev–Trinajstić information content (AvgIpc) is 2.50. The molecule has 0 radical (unpaired) electrons. The van der Waals surface area contributed by atoms with Crippen LogP contribution in [0.4, 0.5) is 0 Å². The van der Waals surface area contributed by atoms with Crippen LogP contribution in [-0.4, -0.2) is 0 Å². The van der Waals surface area contributed by atoms with Crippen molar-refractivity contribution in [3.8, 4) is 0 Å². The van der Waals surface area contributed by atoms with Crippen molar-refractivity contribution in [2.24, 2.45) is 5.73 Å². The molecular weight excluding hydrogens is 369 g/mol. The van der Waals surface area contributed by atoms with Crippen LogP contribution in [0.1, 0.15) is 17.2 Å². The van der Waals surface area contributed by atoms with Crippen LogP contribution < -0.4 is 5.73 Å². The first kappa shape index (κ1) is 14.9. The summed E-state index contributed by atoms with van der Waals surface area (Å²) in [5, 5.41) is 3.41. The van der Waals surface area contributed by atoms with Gasteiger partial charge in [-0.2, -0.15) is 0 Å². The minimum atomic E-state index is -0.308. The molecule has 2 N–H and O–H groups in total. The Labute approximate surface area is 141 Å². The number of rotatable bonds is 2. The second-order valence-corrected chi connectivity index (χ2v) is 6.44. The molecule has 21 heavy (non-hydrogen) atoms. The SMILES string of the molecule is NC(c1cccc(Br)c1Cl)c1ccc(Cl)c2ccccc12. The van der Waals surface area contributed by atoms with Gasteiger partial charge in [-0.1, -0.05) is 65.7 Å². The van der Waals surface area contributed by atoms with E-state index in [1.165, 1.54) is 0 Å². The van der Waals surface area contributed by atoms with E-state index in [0.29, 0.717) is 5.02 Å². The summed E-state index contributed by atoms with van der Waals surface area (Å²) in [5.74, 6) is 0. The van der Waals surface area contributed by atoms with E-state index in [2.05, 4.69) is 15.9 Å². The van der Waals surface area contributed by atoms with E-state index in [-0.39, 0.29) is 6.04 Å². The van der Waals surface area contributed by atoms with E-state index in [4.69, 9.17) is 28.9 Å². The quantitative estimate of drug-likeness (QED) is 0.583. The molecule has 0 fully saturated rings. The van der Waals surface area contributed by atoms with Gasteiger partial charge >= 0.3 is 0 Å². The summed E-state index contributed by atoms with van der Waals surface area (Å²) in [7, 11) is 0.